The third-order valence-corrected chi connectivity index (χ3v) is 3.05. The zero-order valence-electron chi connectivity index (χ0n) is 8.87. The summed E-state index contributed by atoms with van der Waals surface area (Å²) >= 11 is 0. The number of nitrogens with zero attached hydrogens (tertiary/aromatic N) is 1. The Morgan fingerprint density at radius 3 is 2.57 bits per heavy atom. The molecule has 14 heavy (non-hydrogen) atoms. The molecule has 1 unspecified atom stereocenters. The maximum atomic E-state index is 8.98. The number of hydrogen-bond acceptors (Lipinski definition) is 3. The number of aliphatic hydroxyl groups is 1. The van der Waals surface area contributed by atoms with Crippen LogP contribution in [0.25, 0.3) is 0 Å². The molecule has 1 atom stereocenters. The normalized spacial score (nSPS) is 19.4. The third kappa shape index (κ3) is 2.45. The fourth-order valence-electron chi connectivity index (χ4n) is 2.06. The van der Waals surface area contributed by atoms with Crippen LogP contribution in [-0.2, 0) is 0 Å². The fraction of sp³-hybridized carbons (Fsp3) is 0.900. The number of hydrogen-bond donors (Lipinski definition) is 3. The highest BCUT2D eigenvalue weighted by molar-refractivity contribution is 5.82. The van der Waals surface area contributed by atoms with E-state index < -0.39 is 0 Å². The first-order chi connectivity index (χ1) is 6.70. The highest BCUT2D eigenvalue weighted by Gasteiger charge is 2.30. The SMILES string of the molecule is CCC(C(=N)N)N(CCO)C1CCC1. The van der Waals surface area contributed by atoms with Crippen LogP contribution in [0.15, 0.2) is 0 Å². The number of amidine groups is 1. The molecule has 82 valence electrons. The van der Waals surface area contributed by atoms with Crippen molar-refractivity contribution >= 4 is 5.84 Å². The van der Waals surface area contributed by atoms with Crippen LogP contribution in [0.3, 0.4) is 0 Å². The van der Waals surface area contributed by atoms with Crippen LogP contribution in [0.1, 0.15) is 32.6 Å². The highest BCUT2D eigenvalue weighted by atomic mass is 16.3. The van der Waals surface area contributed by atoms with Crippen molar-refractivity contribution in [3.05, 3.63) is 0 Å². The summed E-state index contributed by atoms with van der Waals surface area (Å²) < 4.78 is 0. The minimum Gasteiger partial charge on any atom is -0.395 e. The van der Waals surface area contributed by atoms with E-state index in [9.17, 15) is 0 Å². The first-order valence-electron chi connectivity index (χ1n) is 5.41. The second-order valence-electron chi connectivity index (χ2n) is 3.93. The van der Waals surface area contributed by atoms with Crippen molar-refractivity contribution in [3.8, 4) is 0 Å². The van der Waals surface area contributed by atoms with E-state index in [2.05, 4.69) is 4.90 Å². The Labute approximate surface area is 85.6 Å². The quantitative estimate of drug-likeness (QED) is 0.432. The van der Waals surface area contributed by atoms with Crippen molar-refractivity contribution in [2.75, 3.05) is 13.2 Å². The average Bonchev–Trinajstić information content (AvgIpc) is 2.01. The van der Waals surface area contributed by atoms with Crippen molar-refractivity contribution in [3.63, 3.8) is 0 Å². The topological polar surface area (TPSA) is 73.3 Å². The maximum Gasteiger partial charge on any atom is 0.108 e. The molecule has 0 spiro atoms. The molecule has 0 amide bonds. The van der Waals surface area contributed by atoms with Gasteiger partial charge in [0.05, 0.1) is 12.6 Å². The van der Waals surface area contributed by atoms with E-state index in [0.717, 1.165) is 6.42 Å². The minimum absolute atomic E-state index is 0.0208. The molecule has 0 aromatic heterocycles. The monoisotopic (exact) mass is 199 g/mol. The van der Waals surface area contributed by atoms with Gasteiger partial charge in [0, 0.05) is 12.6 Å². The Morgan fingerprint density at radius 2 is 2.29 bits per heavy atom. The van der Waals surface area contributed by atoms with Crippen molar-refractivity contribution in [2.24, 2.45) is 5.73 Å². The van der Waals surface area contributed by atoms with Gasteiger partial charge in [-0.1, -0.05) is 13.3 Å². The van der Waals surface area contributed by atoms with Crippen molar-refractivity contribution in [1.29, 1.82) is 5.41 Å². The summed E-state index contributed by atoms with van der Waals surface area (Å²) in [4.78, 5) is 2.19. The molecule has 1 rings (SSSR count). The largest absolute Gasteiger partial charge is 0.395 e. The van der Waals surface area contributed by atoms with Crippen molar-refractivity contribution in [2.45, 2.75) is 44.7 Å². The van der Waals surface area contributed by atoms with Crippen LogP contribution >= 0.6 is 0 Å². The molecular weight excluding hydrogens is 178 g/mol. The zero-order valence-corrected chi connectivity index (χ0v) is 8.87. The molecule has 0 radical (unpaired) electrons. The summed E-state index contributed by atoms with van der Waals surface area (Å²) in [7, 11) is 0. The molecule has 1 saturated carbocycles. The average molecular weight is 199 g/mol. The fourth-order valence-corrected chi connectivity index (χ4v) is 2.06. The van der Waals surface area contributed by atoms with Gasteiger partial charge in [0.2, 0.25) is 0 Å². The molecule has 0 bridgehead atoms. The van der Waals surface area contributed by atoms with Gasteiger partial charge in [0.1, 0.15) is 5.84 Å². The van der Waals surface area contributed by atoms with E-state index >= 15 is 0 Å². The van der Waals surface area contributed by atoms with Gasteiger partial charge in [0.15, 0.2) is 0 Å². The van der Waals surface area contributed by atoms with Crippen LogP contribution in [0.2, 0.25) is 0 Å². The zero-order chi connectivity index (χ0) is 10.6. The molecule has 0 aromatic carbocycles. The maximum absolute atomic E-state index is 8.98. The first-order valence-corrected chi connectivity index (χ1v) is 5.41. The third-order valence-electron chi connectivity index (χ3n) is 3.05. The van der Waals surface area contributed by atoms with E-state index in [0.29, 0.717) is 12.6 Å². The summed E-state index contributed by atoms with van der Waals surface area (Å²) in [5.41, 5.74) is 5.55. The molecule has 1 aliphatic rings. The lowest BCUT2D eigenvalue weighted by Crippen LogP contribution is -2.52. The second-order valence-corrected chi connectivity index (χ2v) is 3.93. The molecule has 0 saturated heterocycles. The number of rotatable bonds is 6. The molecule has 4 N–H and O–H groups in total. The van der Waals surface area contributed by atoms with Gasteiger partial charge in [-0.15, -0.1) is 0 Å². The highest BCUT2D eigenvalue weighted by Crippen LogP contribution is 2.26. The molecule has 0 aromatic rings. The van der Waals surface area contributed by atoms with Gasteiger partial charge < -0.3 is 10.8 Å². The number of nitrogens with one attached hydrogen (secondary N) is 1. The Bertz CT molecular complexity index is 192. The van der Waals surface area contributed by atoms with E-state index in [1.54, 1.807) is 0 Å². The Balaban J connectivity index is 2.57. The number of aliphatic hydroxyl groups excluding tert-OH is 1. The molecule has 0 aliphatic heterocycles. The molecular formula is C10H21N3O. The van der Waals surface area contributed by atoms with E-state index in [4.69, 9.17) is 16.2 Å². The van der Waals surface area contributed by atoms with Gasteiger partial charge in [0.25, 0.3) is 0 Å². The summed E-state index contributed by atoms with van der Waals surface area (Å²) in [6, 6.07) is 0.559. The van der Waals surface area contributed by atoms with Gasteiger partial charge in [-0.3, -0.25) is 10.3 Å². The predicted molar refractivity (Wildman–Crippen MR) is 57.4 cm³/mol. The van der Waals surface area contributed by atoms with Crippen LogP contribution in [-0.4, -0.2) is 41.1 Å². The second kappa shape index (κ2) is 5.32. The molecule has 4 nitrogen and oxygen atoms in total. The van der Waals surface area contributed by atoms with Gasteiger partial charge in [-0.25, -0.2) is 0 Å². The molecule has 1 fully saturated rings. The summed E-state index contributed by atoms with van der Waals surface area (Å²) in [5, 5.41) is 16.5. The summed E-state index contributed by atoms with van der Waals surface area (Å²) in [6.07, 6.45) is 4.49. The predicted octanol–water partition coefficient (Wildman–Crippen LogP) is 0.548. The lowest BCUT2D eigenvalue weighted by Gasteiger charge is -2.41. The summed E-state index contributed by atoms with van der Waals surface area (Å²) in [6.45, 7) is 2.83. The van der Waals surface area contributed by atoms with Crippen molar-refractivity contribution < 1.29 is 5.11 Å². The van der Waals surface area contributed by atoms with Crippen LogP contribution in [0.5, 0.6) is 0 Å². The molecule has 0 heterocycles. The summed E-state index contributed by atoms with van der Waals surface area (Å²) in [5.74, 6) is 0.229. The van der Waals surface area contributed by atoms with Crippen LogP contribution < -0.4 is 5.73 Å². The standard InChI is InChI=1S/C10H21N3O/c1-2-9(10(11)12)13(6-7-14)8-4-3-5-8/h8-9,14H,2-7H2,1H3,(H3,11,12). The minimum atomic E-state index is 0.0208. The van der Waals surface area contributed by atoms with Crippen LogP contribution in [0, 0.1) is 5.41 Å². The van der Waals surface area contributed by atoms with Crippen molar-refractivity contribution in [1.82, 2.24) is 4.90 Å². The Kier molecular flexibility index (Phi) is 4.35. The lowest BCUT2D eigenvalue weighted by molar-refractivity contribution is 0.0815. The van der Waals surface area contributed by atoms with Crippen LogP contribution in [0.4, 0.5) is 0 Å². The molecule has 1 aliphatic carbocycles. The Morgan fingerprint density at radius 1 is 1.64 bits per heavy atom. The Hall–Kier alpha value is -0.610. The molecule has 4 heteroatoms. The van der Waals surface area contributed by atoms with Gasteiger partial charge >= 0.3 is 0 Å². The smallest absolute Gasteiger partial charge is 0.108 e. The van der Waals surface area contributed by atoms with Gasteiger partial charge in [-0.05, 0) is 19.3 Å². The van der Waals surface area contributed by atoms with E-state index in [-0.39, 0.29) is 18.5 Å². The lowest BCUT2D eigenvalue weighted by atomic mass is 9.89. The van der Waals surface area contributed by atoms with E-state index in [1.165, 1.54) is 19.3 Å². The first kappa shape index (κ1) is 11.5. The van der Waals surface area contributed by atoms with Gasteiger partial charge in [-0.2, -0.15) is 0 Å². The number of nitrogens with two attached hydrogens (primary N) is 1. The van der Waals surface area contributed by atoms with E-state index in [1.807, 2.05) is 6.92 Å².